The largest absolute Gasteiger partial charge is 0.253 e. The maximum absolute atomic E-state index is 12.9. The highest BCUT2D eigenvalue weighted by atomic mass is 19.1. The Kier molecular flexibility index (Phi) is 2.42. The van der Waals surface area contributed by atoms with E-state index in [1.165, 1.54) is 12.3 Å². The standard InChI is InChI=1S/C13H12FN/c1-10-5-3-4-6-12(10)13-8-7-11(14)9-15(13)2/h3-9H,2H2,1H3. The Labute approximate surface area is 88.9 Å². The van der Waals surface area contributed by atoms with Gasteiger partial charge in [-0.3, -0.25) is 4.58 Å². The van der Waals surface area contributed by atoms with Gasteiger partial charge in [0.15, 0.2) is 6.20 Å². The number of hydrogen-bond acceptors (Lipinski definition) is 0. The van der Waals surface area contributed by atoms with Gasteiger partial charge in [-0.25, -0.2) is 4.39 Å². The van der Waals surface area contributed by atoms with Crippen molar-refractivity contribution in [2.75, 3.05) is 0 Å². The molecule has 0 amide bonds. The second-order valence-corrected chi connectivity index (χ2v) is 3.52. The predicted octanol–water partition coefficient (Wildman–Crippen LogP) is 2.97. The van der Waals surface area contributed by atoms with Crippen molar-refractivity contribution in [3.63, 3.8) is 0 Å². The summed E-state index contributed by atoms with van der Waals surface area (Å²) in [6.45, 7) is 5.80. The van der Waals surface area contributed by atoms with Gasteiger partial charge in [-0.1, -0.05) is 36.8 Å². The molecular formula is C13H12FN. The minimum Gasteiger partial charge on any atom is -0.253 e. The number of benzene rings is 1. The Morgan fingerprint density at radius 1 is 1.33 bits per heavy atom. The lowest BCUT2D eigenvalue weighted by molar-refractivity contribution is -0.419. The molecular weight excluding hydrogens is 189 g/mol. The third-order valence-corrected chi connectivity index (χ3v) is 2.41. The lowest BCUT2D eigenvalue weighted by Gasteiger charge is -2.18. The quantitative estimate of drug-likeness (QED) is 0.485. The molecule has 0 aromatic heterocycles. The molecule has 1 nitrogen and oxygen atoms in total. The molecule has 0 fully saturated rings. The summed E-state index contributed by atoms with van der Waals surface area (Å²) in [4.78, 5) is 0. The Morgan fingerprint density at radius 2 is 2.07 bits per heavy atom. The molecule has 0 bridgehead atoms. The summed E-state index contributed by atoms with van der Waals surface area (Å²) in [6, 6.07) is 8.89. The first-order valence-electron chi connectivity index (χ1n) is 4.76. The van der Waals surface area contributed by atoms with Crippen LogP contribution >= 0.6 is 0 Å². The van der Waals surface area contributed by atoms with E-state index in [1.54, 1.807) is 10.7 Å². The highest BCUT2D eigenvalue weighted by Crippen LogP contribution is 2.25. The number of halogens is 1. The molecule has 1 heterocycles. The van der Waals surface area contributed by atoms with Crippen molar-refractivity contribution in [2.45, 2.75) is 6.92 Å². The van der Waals surface area contributed by atoms with Gasteiger partial charge in [0.25, 0.3) is 0 Å². The van der Waals surface area contributed by atoms with Crippen LogP contribution in [0.2, 0.25) is 0 Å². The van der Waals surface area contributed by atoms with E-state index >= 15 is 0 Å². The molecule has 1 aromatic carbocycles. The molecule has 0 unspecified atom stereocenters. The van der Waals surface area contributed by atoms with E-state index in [2.05, 4.69) is 6.72 Å². The highest BCUT2D eigenvalue weighted by molar-refractivity contribution is 5.43. The lowest BCUT2D eigenvalue weighted by Crippen LogP contribution is -2.14. The fourth-order valence-corrected chi connectivity index (χ4v) is 1.62. The van der Waals surface area contributed by atoms with Crippen molar-refractivity contribution in [2.24, 2.45) is 0 Å². The van der Waals surface area contributed by atoms with Crippen LogP contribution < -0.4 is 0 Å². The lowest BCUT2D eigenvalue weighted by atomic mass is 9.99. The van der Waals surface area contributed by atoms with Crippen molar-refractivity contribution in [3.05, 3.63) is 65.6 Å². The third kappa shape index (κ3) is 1.84. The first-order chi connectivity index (χ1) is 7.18. The van der Waals surface area contributed by atoms with Gasteiger partial charge in [-0.15, -0.1) is 6.07 Å². The minimum atomic E-state index is -0.276. The molecule has 0 radical (unpaired) electrons. The summed E-state index contributed by atoms with van der Waals surface area (Å²) >= 11 is 0. The van der Waals surface area contributed by atoms with E-state index in [0.717, 1.165) is 17.2 Å². The van der Waals surface area contributed by atoms with E-state index in [4.69, 9.17) is 0 Å². The molecule has 1 aliphatic heterocycles. The van der Waals surface area contributed by atoms with E-state index in [-0.39, 0.29) is 5.83 Å². The van der Waals surface area contributed by atoms with Gasteiger partial charge in [0.2, 0.25) is 0 Å². The molecule has 0 N–H and O–H groups in total. The zero-order valence-electron chi connectivity index (χ0n) is 8.57. The number of rotatable bonds is 1. The molecule has 0 spiro atoms. The summed E-state index contributed by atoms with van der Waals surface area (Å²) in [5.74, 6) is -0.276. The topological polar surface area (TPSA) is 3.01 Å². The Hall–Kier alpha value is -1.83. The van der Waals surface area contributed by atoms with Crippen molar-refractivity contribution in [1.29, 1.82) is 0 Å². The van der Waals surface area contributed by atoms with Crippen LogP contribution in [0.1, 0.15) is 11.1 Å². The summed E-state index contributed by atoms with van der Waals surface area (Å²) in [6.07, 6.45) is 4.57. The molecule has 0 aliphatic carbocycles. The predicted molar refractivity (Wildman–Crippen MR) is 59.2 cm³/mol. The van der Waals surface area contributed by atoms with Crippen LogP contribution in [0.4, 0.5) is 4.39 Å². The maximum atomic E-state index is 12.9. The molecule has 0 atom stereocenters. The zero-order valence-corrected chi connectivity index (χ0v) is 8.57. The van der Waals surface area contributed by atoms with Crippen LogP contribution in [-0.2, 0) is 0 Å². The van der Waals surface area contributed by atoms with Gasteiger partial charge in [0.1, 0.15) is 11.9 Å². The van der Waals surface area contributed by atoms with E-state index in [0.29, 0.717) is 0 Å². The second-order valence-electron chi connectivity index (χ2n) is 3.52. The van der Waals surface area contributed by atoms with Crippen LogP contribution in [0.3, 0.4) is 0 Å². The third-order valence-electron chi connectivity index (χ3n) is 2.41. The van der Waals surface area contributed by atoms with Gasteiger partial charge in [-0.2, -0.15) is 0 Å². The Morgan fingerprint density at radius 3 is 2.73 bits per heavy atom. The van der Waals surface area contributed by atoms with Gasteiger partial charge >= 0.3 is 0 Å². The summed E-state index contributed by atoms with van der Waals surface area (Å²) < 4.78 is 14.5. The molecule has 0 saturated carbocycles. The maximum Gasteiger partial charge on any atom is 0.152 e. The Balaban J connectivity index is 2.39. The Bertz CT molecular complexity index is 457. The molecule has 76 valence electrons. The molecule has 2 heteroatoms. The average Bonchev–Trinajstić information content (AvgIpc) is 2.20. The molecule has 0 saturated heterocycles. The molecule has 1 aliphatic rings. The van der Waals surface area contributed by atoms with Crippen LogP contribution in [0.25, 0.3) is 0 Å². The summed E-state index contributed by atoms with van der Waals surface area (Å²) in [5.41, 5.74) is 2.23. The van der Waals surface area contributed by atoms with Crippen LogP contribution in [-0.4, -0.2) is 11.3 Å². The van der Waals surface area contributed by atoms with Crippen LogP contribution in [0.5, 0.6) is 0 Å². The van der Waals surface area contributed by atoms with Crippen LogP contribution in [0, 0.1) is 13.0 Å². The van der Waals surface area contributed by atoms with Crippen LogP contribution in [0.15, 0.2) is 48.4 Å². The van der Waals surface area contributed by atoms with E-state index < -0.39 is 0 Å². The normalized spacial score (nSPS) is 15.5. The fourth-order valence-electron chi connectivity index (χ4n) is 1.62. The van der Waals surface area contributed by atoms with Crippen molar-refractivity contribution in [3.8, 4) is 0 Å². The average molecular weight is 201 g/mol. The SMILES string of the molecule is C=[N+]1C=C(F)C=C[C-]1c1ccccc1C. The first kappa shape index (κ1) is 9.71. The van der Waals surface area contributed by atoms with Crippen molar-refractivity contribution in [1.82, 2.24) is 0 Å². The zero-order chi connectivity index (χ0) is 10.8. The monoisotopic (exact) mass is 201 g/mol. The van der Waals surface area contributed by atoms with E-state index in [1.807, 2.05) is 31.2 Å². The van der Waals surface area contributed by atoms with Crippen molar-refractivity contribution < 1.29 is 8.97 Å². The second kappa shape index (κ2) is 3.73. The van der Waals surface area contributed by atoms with Crippen molar-refractivity contribution >= 4 is 6.72 Å². The molecule has 15 heavy (non-hydrogen) atoms. The number of hydrogen-bond donors (Lipinski definition) is 0. The van der Waals surface area contributed by atoms with Gasteiger partial charge in [-0.05, 0) is 11.6 Å². The minimum absolute atomic E-state index is 0.276. The fraction of sp³-hybridized carbons (Fsp3) is 0.0769. The number of nitrogens with zero attached hydrogens (tertiary/aromatic N) is 1. The summed E-state index contributed by atoms with van der Waals surface area (Å²) in [5, 5.41) is 0. The van der Waals surface area contributed by atoms with Gasteiger partial charge in [0, 0.05) is 0 Å². The smallest absolute Gasteiger partial charge is 0.152 e. The molecule has 1 aromatic rings. The van der Waals surface area contributed by atoms with Gasteiger partial charge in [0.05, 0.1) is 6.72 Å². The number of allylic oxidation sites excluding steroid dienone is 2. The van der Waals surface area contributed by atoms with Gasteiger partial charge < -0.3 is 0 Å². The highest BCUT2D eigenvalue weighted by Gasteiger charge is 2.17. The van der Waals surface area contributed by atoms with E-state index in [9.17, 15) is 4.39 Å². The molecule has 2 rings (SSSR count). The summed E-state index contributed by atoms with van der Waals surface area (Å²) in [7, 11) is 0. The first-order valence-corrected chi connectivity index (χ1v) is 4.76. The number of aryl methyl sites for hydroxylation is 1.